The lowest BCUT2D eigenvalue weighted by molar-refractivity contribution is -0.117. The Morgan fingerprint density at radius 1 is 1.62 bits per heavy atom. The molecule has 0 aliphatic carbocycles. The number of hydrogen-bond acceptors (Lipinski definition) is 3. The maximum Gasteiger partial charge on any atom is 0.223 e. The Labute approximate surface area is 77.4 Å². The number of anilines is 1. The number of hydrogen-bond donors (Lipinski definition) is 1. The summed E-state index contributed by atoms with van der Waals surface area (Å²) in [5.41, 5.74) is 6.75. The molecule has 0 aromatic carbocycles. The molecule has 4 heteroatoms. The molecule has 0 aliphatic rings. The summed E-state index contributed by atoms with van der Waals surface area (Å²) >= 11 is 0. The van der Waals surface area contributed by atoms with Crippen LogP contribution in [0.3, 0.4) is 0 Å². The van der Waals surface area contributed by atoms with Crippen LogP contribution in [0.15, 0.2) is 18.3 Å². The zero-order valence-corrected chi connectivity index (χ0v) is 7.82. The second-order valence-corrected chi connectivity index (χ2v) is 3.01. The molecule has 2 N–H and O–H groups in total. The van der Waals surface area contributed by atoms with E-state index in [2.05, 4.69) is 4.98 Å². The average molecular weight is 179 g/mol. The second kappa shape index (κ2) is 3.89. The fraction of sp³-hybridized carbons (Fsp3) is 0.333. The molecule has 0 atom stereocenters. The van der Waals surface area contributed by atoms with E-state index in [0.29, 0.717) is 0 Å². The lowest BCUT2D eigenvalue weighted by Gasteiger charge is -2.15. The van der Waals surface area contributed by atoms with E-state index in [9.17, 15) is 4.79 Å². The quantitative estimate of drug-likeness (QED) is 0.719. The Morgan fingerprint density at radius 2 is 2.31 bits per heavy atom. The molecule has 1 aromatic rings. The lowest BCUT2D eigenvalue weighted by Crippen LogP contribution is -2.18. The predicted molar refractivity (Wildman–Crippen MR) is 51.5 cm³/mol. The summed E-state index contributed by atoms with van der Waals surface area (Å²) in [5, 5.41) is 0. The van der Waals surface area contributed by atoms with Crippen LogP contribution in [0.25, 0.3) is 0 Å². The van der Waals surface area contributed by atoms with Gasteiger partial charge in [-0.05, 0) is 12.1 Å². The minimum atomic E-state index is -0.359. The smallest absolute Gasteiger partial charge is 0.223 e. The van der Waals surface area contributed by atoms with Gasteiger partial charge in [0.15, 0.2) is 0 Å². The second-order valence-electron chi connectivity index (χ2n) is 3.01. The third kappa shape index (κ3) is 2.43. The maximum absolute atomic E-state index is 10.7. The molecule has 0 aliphatic heterocycles. The van der Waals surface area contributed by atoms with Gasteiger partial charge in [0, 0.05) is 20.3 Å². The standard InChI is InChI=1S/C9H13N3O/c1-12(2)8-4-3-5-11-7(8)6-9(10)13/h3-5H,6H2,1-2H3,(H2,10,13). The van der Waals surface area contributed by atoms with Gasteiger partial charge >= 0.3 is 0 Å². The topological polar surface area (TPSA) is 59.2 Å². The van der Waals surface area contributed by atoms with Crippen molar-refractivity contribution in [1.82, 2.24) is 4.98 Å². The largest absolute Gasteiger partial charge is 0.376 e. The molecule has 0 spiro atoms. The van der Waals surface area contributed by atoms with E-state index < -0.39 is 0 Å². The van der Waals surface area contributed by atoms with E-state index in [4.69, 9.17) is 5.73 Å². The molecule has 0 saturated heterocycles. The number of nitrogens with zero attached hydrogens (tertiary/aromatic N) is 2. The number of pyridine rings is 1. The number of rotatable bonds is 3. The molecule has 1 amide bonds. The van der Waals surface area contributed by atoms with E-state index in [-0.39, 0.29) is 12.3 Å². The third-order valence-electron chi connectivity index (χ3n) is 1.69. The average Bonchev–Trinajstić information content (AvgIpc) is 2.03. The first-order chi connectivity index (χ1) is 6.11. The van der Waals surface area contributed by atoms with Gasteiger partial charge in [0.1, 0.15) is 0 Å². The highest BCUT2D eigenvalue weighted by Gasteiger charge is 2.07. The Bertz CT molecular complexity index is 309. The van der Waals surface area contributed by atoms with Crippen LogP contribution < -0.4 is 10.6 Å². The van der Waals surface area contributed by atoms with Crippen molar-refractivity contribution < 1.29 is 4.79 Å². The van der Waals surface area contributed by atoms with Crippen LogP contribution in [0, 0.1) is 0 Å². The summed E-state index contributed by atoms with van der Waals surface area (Å²) in [6.07, 6.45) is 1.85. The van der Waals surface area contributed by atoms with Crippen molar-refractivity contribution in [2.45, 2.75) is 6.42 Å². The molecule has 0 saturated carbocycles. The molecule has 13 heavy (non-hydrogen) atoms. The van der Waals surface area contributed by atoms with E-state index in [1.54, 1.807) is 6.20 Å². The molecule has 4 nitrogen and oxygen atoms in total. The fourth-order valence-corrected chi connectivity index (χ4v) is 1.14. The van der Waals surface area contributed by atoms with Crippen molar-refractivity contribution in [3.63, 3.8) is 0 Å². The summed E-state index contributed by atoms with van der Waals surface area (Å²) in [6, 6.07) is 3.74. The molecule has 0 radical (unpaired) electrons. The van der Waals surface area contributed by atoms with Gasteiger partial charge < -0.3 is 10.6 Å². The predicted octanol–water partition coefficient (Wildman–Crippen LogP) is 0.175. The van der Waals surface area contributed by atoms with Crippen molar-refractivity contribution in [1.29, 1.82) is 0 Å². The maximum atomic E-state index is 10.7. The molecule has 1 rings (SSSR count). The number of amides is 1. The first kappa shape index (κ1) is 9.51. The lowest BCUT2D eigenvalue weighted by atomic mass is 10.2. The molecule has 0 fully saturated rings. The van der Waals surface area contributed by atoms with Gasteiger partial charge in [-0.3, -0.25) is 9.78 Å². The van der Waals surface area contributed by atoms with Crippen molar-refractivity contribution in [2.24, 2.45) is 5.73 Å². The van der Waals surface area contributed by atoms with Crippen LogP contribution in [-0.2, 0) is 11.2 Å². The summed E-state index contributed by atoms with van der Waals surface area (Å²) in [7, 11) is 3.81. The van der Waals surface area contributed by atoms with Crippen LogP contribution in [-0.4, -0.2) is 25.0 Å². The first-order valence-corrected chi connectivity index (χ1v) is 4.01. The van der Waals surface area contributed by atoms with Gasteiger partial charge in [-0.2, -0.15) is 0 Å². The van der Waals surface area contributed by atoms with E-state index in [1.165, 1.54) is 0 Å². The van der Waals surface area contributed by atoms with Crippen molar-refractivity contribution >= 4 is 11.6 Å². The number of carbonyl (C=O) groups is 1. The minimum Gasteiger partial charge on any atom is -0.376 e. The van der Waals surface area contributed by atoms with E-state index >= 15 is 0 Å². The molecule has 70 valence electrons. The summed E-state index contributed by atoms with van der Waals surface area (Å²) in [5.74, 6) is -0.359. The number of carbonyl (C=O) groups excluding carboxylic acids is 1. The third-order valence-corrected chi connectivity index (χ3v) is 1.69. The van der Waals surface area contributed by atoms with Gasteiger partial charge in [0.25, 0.3) is 0 Å². The highest BCUT2D eigenvalue weighted by molar-refractivity contribution is 5.78. The van der Waals surface area contributed by atoms with Gasteiger partial charge in [0.2, 0.25) is 5.91 Å². The Morgan fingerprint density at radius 3 is 2.85 bits per heavy atom. The van der Waals surface area contributed by atoms with Crippen molar-refractivity contribution in [3.8, 4) is 0 Å². The fourth-order valence-electron chi connectivity index (χ4n) is 1.14. The number of aromatic nitrogens is 1. The number of nitrogens with two attached hydrogens (primary N) is 1. The summed E-state index contributed by atoms with van der Waals surface area (Å²) < 4.78 is 0. The summed E-state index contributed by atoms with van der Waals surface area (Å²) in [6.45, 7) is 0. The van der Waals surface area contributed by atoms with Crippen LogP contribution >= 0.6 is 0 Å². The highest BCUT2D eigenvalue weighted by Crippen LogP contribution is 2.15. The molecule has 0 unspecified atom stereocenters. The summed E-state index contributed by atoms with van der Waals surface area (Å²) in [4.78, 5) is 16.7. The Kier molecular flexibility index (Phi) is 2.84. The van der Waals surface area contributed by atoms with Crippen LogP contribution in [0.5, 0.6) is 0 Å². The van der Waals surface area contributed by atoms with Gasteiger partial charge in [-0.1, -0.05) is 0 Å². The van der Waals surface area contributed by atoms with Crippen molar-refractivity contribution in [2.75, 3.05) is 19.0 Å². The first-order valence-electron chi connectivity index (χ1n) is 4.01. The Balaban J connectivity index is 2.97. The van der Waals surface area contributed by atoms with E-state index in [1.807, 2.05) is 31.1 Å². The molecular formula is C9H13N3O. The monoisotopic (exact) mass is 179 g/mol. The number of primary amides is 1. The minimum absolute atomic E-state index is 0.189. The zero-order valence-electron chi connectivity index (χ0n) is 7.82. The molecule has 1 aromatic heterocycles. The van der Waals surface area contributed by atoms with Crippen LogP contribution in [0.4, 0.5) is 5.69 Å². The molecule has 1 heterocycles. The van der Waals surface area contributed by atoms with Crippen molar-refractivity contribution in [3.05, 3.63) is 24.0 Å². The van der Waals surface area contributed by atoms with E-state index in [0.717, 1.165) is 11.4 Å². The van der Waals surface area contributed by atoms with Gasteiger partial charge in [-0.25, -0.2) is 0 Å². The highest BCUT2D eigenvalue weighted by atomic mass is 16.1. The zero-order chi connectivity index (χ0) is 9.84. The van der Waals surface area contributed by atoms with Gasteiger partial charge in [-0.15, -0.1) is 0 Å². The van der Waals surface area contributed by atoms with Gasteiger partial charge in [0.05, 0.1) is 17.8 Å². The normalized spacial score (nSPS) is 9.69. The Hall–Kier alpha value is -1.58. The molecular weight excluding hydrogens is 166 g/mol. The van der Waals surface area contributed by atoms with Crippen LogP contribution in [0.1, 0.15) is 5.69 Å². The van der Waals surface area contributed by atoms with Crippen LogP contribution in [0.2, 0.25) is 0 Å². The molecule has 0 bridgehead atoms. The SMILES string of the molecule is CN(C)c1cccnc1CC(N)=O.